The molecule has 0 aliphatic heterocycles. The minimum atomic E-state index is -0.892. The van der Waals surface area contributed by atoms with Gasteiger partial charge in [-0.05, 0) is 13.3 Å². The van der Waals surface area contributed by atoms with Gasteiger partial charge in [-0.15, -0.1) is 0 Å². The van der Waals surface area contributed by atoms with Crippen molar-refractivity contribution in [3.05, 3.63) is 37.0 Å². The molecular formula is C11H17FO. The summed E-state index contributed by atoms with van der Waals surface area (Å²) in [4.78, 5) is 0. The Morgan fingerprint density at radius 2 is 2.31 bits per heavy atom. The molecule has 0 aromatic heterocycles. The average Bonchev–Trinajstić information content (AvgIpc) is 2.08. The fraction of sp³-hybridized carbons (Fsp3) is 0.455. The lowest BCUT2D eigenvalue weighted by Crippen LogP contribution is -2.06. The maximum atomic E-state index is 12.3. The van der Waals surface area contributed by atoms with Crippen LogP contribution in [0.3, 0.4) is 0 Å². The highest BCUT2D eigenvalue weighted by atomic mass is 19.1. The van der Waals surface area contributed by atoms with Gasteiger partial charge in [0.15, 0.2) is 0 Å². The van der Waals surface area contributed by atoms with Crippen LogP contribution in [0.25, 0.3) is 0 Å². The summed E-state index contributed by atoms with van der Waals surface area (Å²) in [5.41, 5.74) is 0.964. The molecule has 0 radical (unpaired) electrons. The van der Waals surface area contributed by atoms with E-state index in [0.717, 1.165) is 12.0 Å². The Morgan fingerprint density at radius 1 is 1.62 bits per heavy atom. The summed E-state index contributed by atoms with van der Waals surface area (Å²) >= 11 is 0. The van der Waals surface area contributed by atoms with Gasteiger partial charge < -0.3 is 4.74 Å². The van der Waals surface area contributed by atoms with E-state index in [2.05, 4.69) is 13.2 Å². The molecular weight excluding hydrogens is 167 g/mol. The Labute approximate surface area is 79.6 Å². The van der Waals surface area contributed by atoms with Crippen LogP contribution in [-0.2, 0) is 4.74 Å². The van der Waals surface area contributed by atoms with Gasteiger partial charge in [-0.1, -0.05) is 37.0 Å². The zero-order valence-corrected chi connectivity index (χ0v) is 8.13. The van der Waals surface area contributed by atoms with Crippen molar-refractivity contribution in [3.63, 3.8) is 0 Å². The van der Waals surface area contributed by atoms with Crippen LogP contribution >= 0.6 is 0 Å². The van der Waals surface area contributed by atoms with E-state index in [1.165, 1.54) is 6.92 Å². The van der Waals surface area contributed by atoms with E-state index in [4.69, 9.17) is 4.74 Å². The molecule has 0 aromatic rings. The predicted octanol–water partition coefficient (Wildman–Crippen LogP) is 3.05. The highest BCUT2D eigenvalue weighted by Crippen LogP contribution is 2.01. The molecule has 1 nitrogen and oxygen atoms in total. The summed E-state index contributed by atoms with van der Waals surface area (Å²) < 4.78 is 17.3. The van der Waals surface area contributed by atoms with Crippen molar-refractivity contribution in [1.82, 2.24) is 0 Å². The number of allylic oxidation sites excluding steroid dienone is 3. The van der Waals surface area contributed by atoms with E-state index < -0.39 is 6.17 Å². The molecule has 74 valence electrons. The van der Waals surface area contributed by atoms with Crippen LogP contribution < -0.4 is 0 Å². The van der Waals surface area contributed by atoms with Crippen molar-refractivity contribution >= 4 is 0 Å². The highest BCUT2D eigenvalue weighted by molar-refractivity contribution is 5.17. The van der Waals surface area contributed by atoms with Gasteiger partial charge in [-0.3, -0.25) is 0 Å². The molecule has 0 aliphatic rings. The molecule has 0 spiro atoms. The zero-order chi connectivity index (χ0) is 10.1. The Balaban J connectivity index is 3.37. The molecule has 13 heavy (non-hydrogen) atoms. The molecule has 0 N–H and O–H groups in total. The van der Waals surface area contributed by atoms with Crippen LogP contribution in [0.15, 0.2) is 37.0 Å². The van der Waals surface area contributed by atoms with Crippen LogP contribution in [0.1, 0.15) is 13.3 Å². The maximum Gasteiger partial charge on any atom is 0.121 e. The van der Waals surface area contributed by atoms with E-state index in [1.807, 2.05) is 12.2 Å². The quantitative estimate of drug-likeness (QED) is 0.436. The van der Waals surface area contributed by atoms with Crippen LogP contribution in [-0.4, -0.2) is 19.4 Å². The first kappa shape index (κ1) is 12.1. The van der Waals surface area contributed by atoms with Crippen LogP contribution in [0, 0.1) is 0 Å². The second-order valence-electron chi connectivity index (χ2n) is 2.86. The van der Waals surface area contributed by atoms with Gasteiger partial charge in [0.25, 0.3) is 0 Å². The first-order valence-electron chi connectivity index (χ1n) is 4.35. The summed E-state index contributed by atoms with van der Waals surface area (Å²) in [6, 6.07) is 0. The third-order valence-corrected chi connectivity index (χ3v) is 1.38. The molecule has 0 aromatic carbocycles. The number of alkyl halides is 1. The molecule has 2 heteroatoms. The van der Waals surface area contributed by atoms with Crippen molar-refractivity contribution in [2.24, 2.45) is 0 Å². The lowest BCUT2D eigenvalue weighted by Gasteiger charge is -2.04. The molecule has 0 saturated heterocycles. The highest BCUT2D eigenvalue weighted by Gasteiger charge is 1.96. The second-order valence-corrected chi connectivity index (χ2v) is 2.86. The van der Waals surface area contributed by atoms with Gasteiger partial charge >= 0.3 is 0 Å². The molecule has 0 fully saturated rings. The molecule has 0 rings (SSSR count). The van der Waals surface area contributed by atoms with E-state index >= 15 is 0 Å². The number of halogens is 1. The summed E-state index contributed by atoms with van der Waals surface area (Å²) in [6.07, 6.45) is 5.22. The third kappa shape index (κ3) is 9.02. The zero-order valence-electron chi connectivity index (χ0n) is 8.13. The SMILES string of the molecule is C=C/C=C\C(=C)CCOCC(C)F. The minimum absolute atomic E-state index is 0.165. The van der Waals surface area contributed by atoms with Gasteiger partial charge in [-0.2, -0.15) is 0 Å². The molecule has 0 heterocycles. The molecule has 1 atom stereocenters. The minimum Gasteiger partial charge on any atom is -0.378 e. The lowest BCUT2D eigenvalue weighted by molar-refractivity contribution is 0.0900. The number of rotatable bonds is 7. The van der Waals surface area contributed by atoms with Gasteiger partial charge in [0.05, 0.1) is 13.2 Å². The van der Waals surface area contributed by atoms with Crippen molar-refractivity contribution in [3.8, 4) is 0 Å². The number of ether oxygens (including phenoxy) is 1. The molecule has 0 aliphatic carbocycles. The Kier molecular flexibility index (Phi) is 7.21. The third-order valence-electron chi connectivity index (χ3n) is 1.38. The summed E-state index contributed by atoms with van der Waals surface area (Å²) in [5.74, 6) is 0. The van der Waals surface area contributed by atoms with Gasteiger partial charge in [0.1, 0.15) is 6.17 Å². The number of hydrogen-bond donors (Lipinski definition) is 0. The van der Waals surface area contributed by atoms with E-state index in [0.29, 0.717) is 6.61 Å². The average molecular weight is 184 g/mol. The van der Waals surface area contributed by atoms with Gasteiger partial charge in [-0.25, -0.2) is 4.39 Å². The Bertz CT molecular complexity index is 183. The first-order chi connectivity index (χ1) is 6.16. The fourth-order valence-electron chi connectivity index (χ4n) is 0.736. The first-order valence-corrected chi connectivity index (χ1v) is 4.35. The standard InChI is InChI=1S/C11H17FO/c1-4-5-6-10(2)7-8-13-9-11(3)12/h4-6,11H,1-2,7-9H2,3H3/b6-5-. The van der Waals surface area contributed by atoms with Crippen LogP contribution in [0.4, 0.5) is 4.39 Å². The van der Waals surface area contributed by atoms with Gasteiger partial charge in [0.2, 0.25) is 0 Å². The van der Waals surface area contributed by atoms with Crippen molar-refractivity contribution in [2.75, 3.05) is 13.2 Å². The van der Waals surface area contributed by atoms with E-state index in [1.54, 1.807) is 6.08 Å². The van der Waals surface area contributed by atoms with Crippen LogP contribution in [0.5, 0.6) is 0 Å². The lowest BCUT2D eigenvalue weighted by atomic mass is 10.2. The summed E-state index contributed by atoms with van der Waals surface area (Å²) in [5, 5.41) is 0. The van der Waals surface area contributed by atoms with Crippen molar-refractivity contribution in [2.45, 2.75) is 19.5 Å². The molecule has 0 saturated carbocycles. The predicted molar refractivity (Wildman–Crippen MR) is 54.5 cm³/mol. The van der Waals surface area contributed by atoms with Crippen LogP contribution in [0.2, 0.25) is 0 Å². The van der Waals surface area contributed by atoms with E-state index in [9.17, 15) is 4.39 Å². The summed E-state index contributed by atoms with van der Waals surface area (Å²) in [7, 11) is 0. The largest absolute Gasteiger partial charge is 0.378 e. The van der Waals surface area contributed by atoms with Crippen molar-refractivity contribution < 1.29 is 9.13 Å². The van der Waals surface area contributed by atoms with Crippen molar-refractivity contribution in [1.29, 1.82) is 0 Å². The Hall–Kier alpha value is -0.890. The molecule has 0 amide bonds. The monoisotopic (exact) mass is 184 g/mol. The topological polar surface area (TPSA) is 9.23 Å². The Morgan fingerprint density at radius 3 is 2.85 bits per heavy atom. The normalized spacial score (nSPS) is 13.1. The van der Waals surface area contributed by atoms with E-state index in [-0.39, 0.29) is 6.61 Å². The molecule has 1 unspecified atom stereocenters. The second kappa shape index (κ2) is 7.74. The smallest absolute Gasteiger partial charge is 0.121 e. The molecule has 0 bridgehead atoms. The summed E-state index contributed by atoms with van der Waals surface area (Å²) in [6.45, 7) is 9.51. The maximum absolute atomic E-state index is 12.3. The fourth-order valence-corrected chi connectivity index (χ4v) is 0.736. The van der Waals surface area contributed by atoms with Gasteiger partial charge in [0, 0.05) is 0 Å². The number of hydrogen-bond acceptors (Lipinski definition) is 1.